The number of amides is 2. The maximum atomic E-state index is 12.5. The third-order valence-corrected chi connectivity index (χ3v) is 5.08. The highest BCUT2D eigenvalue weighted by Gasteiger charge is 2.14. The predicted molar refractivity (Wildman–Crippen MR) is 119 cm³/mol. The summed E-state index contributed by atoms with van der Waals surface area (Å²) < 4.78 is 11.0. The van der Waals surface area contributed by atoms with E-state index in [2.05, 4.69) is 15.6 Å². The molecule has 31 heavy (non-hydrogen) atoms. The van der Waals surface area contributed by atoms with Crippen molar-refractivity contribution in [1.82, 2.24) is 4.98 Å². The van der Waals surface area contributed by atoms with Crippen molar-refractivity contribution in [3.8, 4) is 11.5 Å². The summed E-state index contributed by atoms with van der Waals surface area (Å²) in [6.07, 6.45) is 1.49. The molecular weight excluding hydrogens is 414 g/mol. The van der Waals surface area contributed by atoms with Gasteiger partial charge in [0, 0.05) is 5.38 Å². The van der Waals surface area contributed by atoms with Gasteiger partial charge < -0.3 is 14.5 Å². The first kappa shape index (κ1) is 20.4. The van der Waals surface area contributed by atoms with Crippen LogP contribution in [0.4, 0.5) is 10.8 Å². The van der Waals surface area contributed by atoms with Crippen LogP contribution in [0.25, 0.3) is 0 Å². The Morgan fingerprint density at radius 3 is 2.61 bits per heavy atom. The topological polar surface area (TPSA) is 93.5 Å². The normalized spacial score (nSPS) is 10.5. The number of hydrogen-bond donors (Lipinski definition) is 2. The van der Waals surface area contributed by atoms with Crippen LogP contribution in [-0.4, -0.2) is 16.8 Å². The van der Waals surface area contributed by atoms with E-state index in [0.717, 1.165) is 5.56 Å². The van der Waals surface area contributed by atoms with Crippen molar-refractivity contribution in [1.29, 1.82) is 0 Å². The standard InChI is InChI=1S/C23H19N3O4S/c1-15-8-10-17(11-9-15)30-19-6-3-2-5-18(19)25-21(27)13-16-14-31-23(24-16)26-22(28)20-7-4-12-29-20/h2-12,14H,13H2,1H3,(H,25,27)(H,24,26,28). The molecule has 2 aromatic carbocycles. The second-order valence-electron chi connectivity index (χ2n) is 6.71. The third kappa shape index (κ3) is 5.37. The summed E-state index contributed by atoms with van der Waals surface area (Å²) in [5.74, 6) is 0.791. The molecule has 2 N–H and O–H groups in total. The zero-order chi connectivity index (χ0) is 21.6. The van der Waals surface area contributed by atoms with E-state index >= 15 is 0 Å². The molecule has 0 aliphatic heterocycles. The van der Waals surface area contributed by atoms with Crippen LogP contribution in [0.5, 0.6) is 11.5 Å². The van der Waals surface area contributed by atoms with E-state index in [0.29, 0.717) is 28.0 Å². The van der Waals surface area contributed by atoms with E-state index in [9.17, 15) is 9.59 Å². The lowest BCUT2D eigenvalue weighted by atomic mass is 10.2. The molecule has 4 rings (SSSR count). The zero-order valence-corrected chi connectivity index (χ0v) is 17.4. The maximum absolute atomic E-state index is 12.5. The first-order valence-electron chi connectivity index (χ1n) is 9.49. The Morgan fingerprint density at radius 1 is 1.03 bits per heavy atom. The largest absolute Gasteiger partial charge is 0.459 e. The number of nitrogens with one attached hydrogen (secondary N) is 2. The fraction of sp³-hybridized carbons (Fsp3) is 0.0870. The van der Waals surface area contributed by atoms with Crippen LogP contribution >= 0.6 is 11.3 Å². The van der Waals surface area contributed by atoms with Crippen LogP contribution in [0.3, 0.4) is 0 Å². The lowest BCUT2D eigenvalue weighted by molar-refractivity contribution is -0.115. The Morgan fingerprint density at radius 2 is 1.84 bits per heavy atom. The van der Waals surface area contributed by atoms with Gasteiger partial charge in [0.1, 0.15) is 5.75 Å². The van der Waals surface area contributed by atoms with Crippen LogP contribution < -0.4 is 15.4 Å². The number of aryl methyl sites for hydroxylation is 1. The Hall–Kier alpha value is -3.91. The second-order valence-corrected chi connectivity index (χ2v) is 7.57. The number of carbonyl (C=O) groups is 2. The summed E-state index contributed by atoms with van der Waals surface area (Å²) in [5, 5.41) is 7.64. The lowest BCUT2D eigenvalue weighted by Crippen LogP contribution is -2.15. The molecule has 156 valence electrons. The van der Waals surface area contributed by atoms with E-state index in [-0.39, 0.29) is 18.1 Å². The molecule has 0 aliphatic carbocycles. The number of ether oxygens (including phenoxy) is 1. The van der Waals surface area contributed by atoms with Crippen LogP contribution in [-0.2, 0) is 11.2 Å². The molecule has 0 aliphatic rings. The Kier molecular flexibility index (Phi) is 6.09. The van der Waals surface area contributed by atoms with Gasteiger partial charge >= 0.3 is 0 Å². The highest BCUT2D eigenvalue weighted by Crippen LogP contribution is 2.29. The molecule has 8 heteroatoms. The molecule has 0 radical (unpaired) electrons. The predicted octanol–water partition coefficient (Wildman–Crippen LogP) is 5.27. The van der Waals surface area contributed by atoms with Crippen molar-refractivity contribution >= 4 is 34.0 Å². The summed E-state index contributed by atoms with van der Waals surface area (Å²) in [6, 6.07) is 18.1. The molecular formula is C23H19N3O4S. The molecule has 0 fully saturated rings. The molecule has 7 nitrogen and oxygen atoms in total. The number of nitrogens with zero attached hydrogens (tertiary/aromatic N) is 1. The minimum Gasteiger partial charge on any atom is -0.459 e. The molecule has 0 bridgehead atoms. The van der Waals surface area contributed by atoms with Crippen LogP contribution in [0.1, 0.15) is 21.8 Å². The fourth-order valence-corrected chi connectivity index (χ4v) is 3.47. The van der Waals surface area contributed by atoms with Gasteiger partial charge in [-0.2, -0.15) is 0 Å². The third-order valence-electron chi connectivity index (χ3n) is 4.27. The molecule has 0 atom stereocenters. The van der Waals surface area contributed by atoms with Crippen molar-refractivity contribution in [2.75, 3.05) is 10.6 Å². The Balaban J connectivity index is 1.38. The number of carbonyl (C=O) groups excluding carboxylic acids is 2. The van der Waals surface area contributed by atoms with Gasteiger partial charge in [-0.1, -0.05) is 29.8 Å². The minimum atomic E-state index is -0.391. The fourth-order valence-electron chi connectivity index (χ4n) is 2.76. The minimum absolute atomic E-state index is 0.0615. The van der Waals surface area contributed by atoms with Crippen molar-refractivity contribution in [2.45, 2.75) is 13.3 Å². The average Bonchev–Trinajstić information content (AvgIpc) is 3.43. The Labute approximate surface area is 182 Å². The van der Waals surface area contributed by atoms with Gasteiger partial charge in [0.25, 0.3) is 5.91 Å². The van der Waals surface area contributed by atoms with Gasteiger partial charge in [0.05, 0.1) is 24.1 Å². The van der Waals surface area contributed by atoms with Gasteiger partial charge in [0.15, 0.2) is 16.6 Å². The number of furan rings is 1. The van der Waals surface area contributed by atoms with Crippen molar-refractivity contribution < 1.29 is 18.7 Å². The SMILES string of the molecule is Cc1ccc(Oc2ccccc2NC(=O)Cc2csc(NC(=O)c3ccco3)n2)cc1. The molecule has 0 unspecified atom stereocenters. The Bertz CT molecular complexity index is 1180. The van der Waals surface area contributed by atoms with E-state index in [1.54, 1.807) is 29.6 Å². The van der Waals surface area contributed by atoms with Crippen molar-refractivity contribution in [3.63, 3.8) is 0 Å². The number of benzene rings is 2. The number of hydrogen-bond acceptors (Lipinski definition) is 6. The number of aromatic nitrogens is 1. The van der Waals surface area contributed by atoms with E-state index in [4.69, 9.17) is 9.15 Å². The van der Waals surface area contributed by atoms with E-state index < -0.39 is 5.91 Å². The van der Waals surface area contributed by atoms with Gasteiger partial charge in [-0.15, -0.1) is 11.3 Å². The lowest BCUT2D eigenvalue weighted by Gasteiger charge is -2.12. The van der Waals surface area contributed by atoms with Gasteiger partial charge in [-0.05, 0) is 43.3 Å². The number of para-hydroxylation sites is 2. The van der Waals surface area contributed by atoms with Crippen molar-refractivity contribution in [3.05, 3.63) is 89.3 Å². The smallest absolute Gasteiger partial charge is 0.293 e. The average molecular weight is 433 g/mol. The van der Waals surface area contributed by atoms with E-state index in [1.165, 1.54) is 17.6 Å². The van der Waals surface area contributed by atoms with Crippen LogP contribution in [0, 0.1) is 6.92 Å². The molecule has 0 spiro atoms. The molecule has 2 aromatic heterocycles. The maximum Gasteiger partial charge on any atom is 0.293 e. The van der Waals surface area contributed by atoms with Crippen LogP contribution in [0.15, 0.2) is 76.7 Å². The summed E-state index contributed by atoms with van der Waals surface area (Å²) in [5.41, 5.74) is 2.25. The molecule has 2 heterocycles. The highest BCUT2D eigenvalue weighted by molar-refractivity contribution is 7.14. The van der Waals surface area contributed by atoms with Gasteiger partial charge in [0.2, 0.25) is 5.91 Å². The number of rotatable bonds is 7. The number of thiazole rings is 1. The highest BCUT2D eigenvalue weighted by atomic mass is 32.1. The summed E-state index contributed by atoms with van der Waals surface area (Å²) in [6.45, 7) is 2.00. The van der Waals surface area contributed by atoms with Crippen molar-refractivity contribution in [2.24, 2.45) is 0 Å². The van der Waals surface area contributed by atoms with Gasteiger partial charge in [-0.25, -0.2) is 4.98 Å². The van der Waals surface area contributed by atoms with E-state index in [1.807, 2.05) is 43.3 Å². The molecule has 4 aromatic rings. The number of anilines is 2. The summed E-state index contributed by atoms with van der Waals surface area (Å²) >= 11 is 1.24. The molecule has 0 saturated carbocycles. The quantitative estimate of drug-likeness (QED) is 0.414. The van der Waals surface area contributed by atoms with Crippen LogP contribution in [0.2, 0.25) is 0 Å². The second kappa shape index (κ2) is 9.27. The summed E-state index contributed by atoms with van der Waals surface area (Å²) in [4.78, 5) is 28.9. The molecule has 2 amide bonds. The molecule has 0 saturated heterocycles. The summed E-state index contributed by atoms with van der Waals surface area (Å²) in [7, 11) is 0. The van der Waals surface area contributed by atoms with Gasteiger partial charge in [-0.3, -0.25) is 14.9 Å². The zero-order valence-electron chi connectivity index (χ0n) is 16.6. The first-order valence-corrected chi connectivity index (χ1v) is 10.4. The first-order chi connectivity index (χ1) is 15.1. The monoisotopic (exact) mass is 433 g/mol.